The number of carboxylic acids is 1. The Balaban J connectivity index is 2.78. The Morgan fingerprint density at radius 2 is 1.96 bits per heavy atom. The molecule has 3 amide bonds. The molecule has 4 atom stereocenters. The second kappa shape index (κ2) is 9.21. The second-order valence-corrected chi connectivity index (χ2v) is 6.09. The van der Waals surface area contributed by atoms with E-state index in [1.54, 1.807) is 6.92 Å². The predicted molar refractivity (Wildman–Crippen MR) is 85.8 cm³/mol. The van der Waals surface area contributed by atoms with Gasteiger partial charge in [-0.15, -0.1) is 0 Å². The van der Waals surface area contributed by atoms with E-state index in [1.807, 2.05) is 6.92 Å². The Kier molecular flexibility index (Phi) is 7.63. The van der Waals surface area contributed by atoms with Crippen LogP contribution in [0, 0.1) is 5.92 Å². The molecule has 1 saturated heterocycles. The van der Waals surface area contributed by atoms with E-state index in [9.17, 15) is 19.2 Å². The van der Waals surface area contributed by atoms with Crippen LogP contribution in [-0.4, -0.2) is 53.5 Å². The first-order valence-corrected chi connectivity index (χ1v) is 8.11. The molecule has 6 N–H and O–H groups in total. The number of carboxylic acid groups (broad SMARTS) is 1. The third-order valence-corrected chi connectivity index (χ3v) is 4.19. The zero-order valence-corrected chi connectivity index (χ0v) is 14.0. The van der Waals surface area contributed by atoms with Gasteiger partial charge in [0.1, 0.15) is 12.1 Å². The van der Waals surface area contributed by atoms with Crippen molar-refractivity contribution in [1.82, 2.24) is 16.0 Å². The van der Waals surface area contributed by atoms with Gasteiger partial charge in [-0.3, -0.25) is 14.4 Å². The van der Waals surface area contributed by atoms with Gasteiger partial charge in [-0.1, -0.05) is 20.3 Å². The van der Waals surface area contributed by atoms with Gasteiger partial charge in [0, 0.05) is 0 Å². The van der Waals surface area contributed by atoms with Gasteiger partial charge in [-0.2, -0.15) is 0 Å². The van der Waals surface area contributed by atoms with E-state index >= 15 is 0 Å². The van der Waals surface area contributed by atoms with E-state index in [2.05, 4.69) is 16.0 Å². The molecule has 0 bridgehead atoms. The van der Waals surface area contributed by atoms with Crippen molar-refractivity contribution in [3.8, 4) is 0 Å². The van der Waals surface area contributed by atoms with E-state index in [4.69, 9.17) is 10.8 Å². The zero-order chi connectivity index (χ0) is 18.3. The van der Waals surface area contributed by atoms with Crippen molar-refractivity contribution >= 4 is 23.7 Å². The molecule has 0 aliphatic carbocycles. The standard InChI is InChI=1S/C15H26N4O5/c1-3-8(2)12(19-13(21)9-5-4-6-17-9)14(22)18-10(15(23)24)7-11(16)20/h8-10,12,17H,3-7H2,1-2H3,(H2,16,20)(H,18,22)(H,19,21)(H,23,24)/t8-,9-,10-,12-/m0/s1. The van der Waals surface area contributed by atoms with Gasteiger partial charge in [0.05, 0.1) is 12.5 Å². The third kappa shape index (κ3) is 5.80. The van der Waals surface area contributed by atoms with Crippen LogP contribution >= 0.6 is 0 Å². The summed E-state index contributed by atoms with van der Waals surface area (Å²) in [6.45, 7) is 4.40. The quantitative estimate of drug-likeness (QED) is 0.352. The van der Waals surface area contributed by atoms with Crippen LogP contribution in [0.2, 0.25) is 0 Å². The fourth-order valence-electron chi connectivity index (χ4n) is 2.53. The Morgan fingerprint density at radius 3 is 2.42 bits per heavy atom. The van der Waals surface area contributed by atoms with E-state index in [1.165, 1.54) is 0 Å². The molecule has 0 aromatic carbocycles. The van der Waals surface area contributed by atoms with Crippen LogP contribution in [0.25, 0.3) is 0 Å². The molecule has 0 aromatic heterocycles. The number of hydrogen-bond donors (Lipinski definition) is 5. The predicted octanol–water partition coefficient (Wildman–Crippen LogP) is -1.29. The molecule has 24 heavy (non-hydrogen) atoms. The topological polar surface area (TPSA) is 151 Å². The molecule has 9 nitrogen and oxygen atoms in total. The molecule has 0 spiro atoms. The average Bonchev–Trinajstić information content (AvgIpc) is 3.04. The fourth-order valence-corrected chi connectivity index (χ4v) is 2.53. The summed E-state index contributed by atoms with van der Waals surface area (Å²) in [7, 11) is 0. The SMILES string of the molecule is CC[C@H](C)[C@H](NC(=O)[C@@H]1CCCN1)C(=O)N[C@@H](CC(N)=O)C(=O)O. The molecule has 1 rings (SSSR count). The smallest absolute Gasteiger partial charge is 0.326 e. The first kappa shape index (κ1) is 19.9. The van der Waals surface area contributed by atoms with Crippen LogP contribution in [0.5, 0.6) is 0 Å². The normalized spacial score (nSPS) is 20.7. The lowest BCUT2D eigenvalue weighted by atomic mass is 9.97. The molecule has 0 radical (unpaired) electrons. The Bertz CT molecular complexity index is 490. The monoisotopic (exact) mass is 342 g/mol. The molecular formula is C15H26N4O5. The lowest BCUT2D eigenvalue weighted by molar-refractivity contribution is -0.144. The van der Waals surface area contributed by atoms with Crippen molar-refractivity contribution in [3.63, 3.8) is 0 Å². The molecule has 1 aliphatic heterocycles. The third-order valence-electron chi connectivity index (χ3n) is 4.19. The number of amides is 3. The van der Waals surface area contributed by atoms with Gasteiger partial charge in [0.15, 0.2) is 0 Å². The minimum Gasteiger partial charge on any atom is -0.480 e. The minimum atomic E-state index is -1.41. The van der Waals surface area contributed by atoms with E-state index < -0.39 is 36.3 Å². The largest absolute Gasteiger partial charge is 0.480 e. The van der Waals surface area contributed by atoms with Crippen LogP contribution in [-0.2, 0) is 19.2 Å². The number of carbonyl (C=O) groups excluding carboxylic acids is 3. The summed E-state index contributed by atoms with van der Waals surface area (Å²) in [4.78, 5) is 46.7. The summed E-state index contributed by atoms with van der Waals surface area (Å²) in [5.74, 6) is -3.30. The summed E-state index contributed by atoms with van der Waals surface area (Å²) in [5, 5.41) is 17.1. The molecule has 1 fully saturated rings. The van der Waals surface area contributed by atoms with Gasteiger partial charge in [-0.25, -0.2) is 4.79 Å². The maximum atomic E-state index is 12.4. The number of aliphatic carboxylic acids is 1. The zero-order valence-electron chi connectivity index (χ0n) is 14.0. The highest BCUT2D eigenvalue weighted by Gasteiger charge is 2.32. The number of primary amides is 1. The maximum Gasteiger partial charge on any atom is 0.326 e. The number of nitrogens with two attached hydrogens (primary N) is 1. The lowest BCUT2D eigenvalue weighted by Gasteiger charge is -2.26. The van der Waals surface area contributed by atoms with Gasteiger partial charge < -0.3 is 26.8 Å². The molecule has 0 aromatic rings. The Labute approximate surface area is 140 Å². The Hall–Kier alpha value is -2.16. The van der Waals surface area contributed by atoms with Gasteiger partial charge in [0.25, 0.3) is 0 Å². The number of hydrogen-bond acceptors (Lipinski definition) is 5. The number of nitrogens with one attached hydrogen (secondary N) is 3. The van der Waals surface area contributed by atoms with E-state index in [0.717, 1.165) is 13.0 Å². The highest BCUT2D eigenvalue weighted by Crippen LogP contribution is 2.11. The van der Waals surface area contributed by atoms with E-state index in [0.29, 0.717) is 12.8 Å². The fraction of sp³-hybridized carbons (Fsp3) is 0.733. The maximum absolute atomic E-state index is 12.4. The van der Waals surface area contributed by atoms with Crippen molar-refractivity contribution in [3.05, 3.63) is 0 Å². The molecule has 136 valence electrons. The van der Waals surface area contributed by atoms with Gasteiger partial charge in [-0.05, 0) is 25.3 Å². The molecule has 1 aliphatic rings. The van der Waals surface area contributed by atoms with Crippen LogP contribution in [0.15, 0.2) is 0 Å². The van der Waals surface area contributed by atoms with E-state index in [-0.39, 0.29) is 17.9 Å². The molecule has 1 heterocycles. The summed E-state index contributed by atoms with van der Waals surface area (Å²) < 4.78 is 0. The molecule has 9 heteroatoms. The summed E-state index contributed by atoms with van der Waals surface area (Å²) in [5.41, 5.74) is 5.00. The summed E-state index contributed by atoms with van der Waals surface area (Å²) in [6, 6.07) is -2.63. The van der Waals surface area contributed by atoms with Gasteiger partial charge in [0.2, 0.25) is 17.7 Å². The van der Waals surface area contributed by atoms with Gasteiger partial charge >= 0.3 is 5.97 Å². The summed E-state index contributed by atoms with van der Waals surface area (Å²) in [6.07, 6.45) is 1.69. The number of rotatable bonds is 9. The highest BCUT2D eigenvalue weighted by atomic mass is 16.4. The van der Waals surface area contributed by atoms with Crippen LogP contribution in [0.1, 0.15) is 39.5 Å². The van der Waals surface area contributed by atoms with Crippen LogP contribution in [0.3, 0.4) is 0 Å². The van der Waals surface area contributed by atoms with Crippen molar-refractivity contribution in [1.29, 1.82) is 0 Å². The van der Waals surface area contributed by atoms with Crippen LogP contribution in [0.4, 0.5) is 0 Å². The Morgan fingerprint density at radius 1 is 1.29 bits per heavy atom. The summed E-state index contributed by atoms with van der Waals surface area (Å²) >= 11 is 0. The van der Waals surface area contributed by atoms with Crippen molar-refractivity contribution < 1.29 is 24.3 Å². The second-order valence-electron chi connectivity index (χ2n) is 6.09. The van der Waals surface area contributed by atoms with Crippen molar-refractivity contribution in [2.45, 2.75) is 57.7 Å². The highest BCUT2D eigenvalue weighted by molar-refractivity contribution is 5.93. The van der Waals surface area contributed by atoms with Crippen molar-refractivity contribution in [2.24, 2.45) is 11.7 Å². The van der Waals surface area contributed by atoms with Crippen LogP contribution < -0.4 is 21.7 Å². The first-order chi connectivity index (χ1) is 11.3. The number of carbonyl (C=O) groups is 4. The molecule has 0 saturated carbocycles. The average molecular weight is 342 g/mol. The minimum absolute atomic E-state index is 0.196. The van der Waals surface area contributed by atoms with Crippen molar-refractivity contribution in [2.75, 3.05) is 6.54 Å². The molecule has 0 unspecified atom stereocenters. The molecular weight excluding hydrogens is 316 g/mol. The lowest BCUT2D eigenvalue weighted by Crippen LogP contribution is -2.56. The first-order valence-electron chi connectivity index (χ1n) is 8.11.